The van der Waals surface area contributed by atoms with Crippen molar-refractivity contribution >= 4 is 17.3 Å². The summed E-state index contributed by atoms with van der Waals surface area (Å²) in [4.78, 5) is 5.10. The molecule has 1 fully saturated rings. The third kappa shape index (κ3) is 5.30. The maximum Gasteiger partial charge on any atom is 0.0407 e. The van der Waals surface area contributed by atoms with Crippen LogP contribution in [0.3, 0.4) is 0 Å². The van der Waals surface area contributed by atoms with Crippen LogP contribution in [0.15, 0.2) is 42.5 Å². The Labute approximate surface area is 175 Å². The van der Waals surface area contributed by atoms with Gasteiger partial charge < -0.3 is 4.90 Å². The summed E-state index contributed by atoms with van der Waals surface area (Å²) in [6.07, 6.45) is 10.6. The molecule has 0 aromatic heterocycles. The second kappa shape index (κ2) is 9.80. The first kappa shape index (κ1) is 19.8. The Kier molecular flexibility index (Phi) is 6.93. The van der Waals surface area contributed by atoms with Crippen LogP contribution in [0, 0.1) is 0 Å². The maximum atomic E-state index is 6.00. The van der Waals surface area contributed by atoms with Crippen LogP contribution in [-0.2, 0) is 19.3 Å². The molecule has 0 N–H and O–H groups in total. The lowest BCUT2D eigenvalue weighted by Gasteiger charge is -2.36. The highest BCUT2D eigenvalue weighted by atomic mass is 35.5. The van der Waals surface area contributed by atoms with Crippen molar-refractivity contribution in [2.24, 2.45) is 0 Å². The third-order valence-electron chi connectivity index (χ3n) is 6.42. The van der Waals surface area contributed by atoms with Crippen molar-refractivity contribution in [1.29, 1.82) is 0 Å². The van der Waals surface area contributed by atoms with E-state index in [0.717, 1.165) is 18.1 Å². The molecule has 28 heavy (non-hydrogen) atoms. The summed E-state index contributed by atoms with van der Waals surface area (Å²) in [5.41, 5.74) is 6.09. The van der Waals surface area contributed by atoms with E-state index >= 15 is 0 Å². The highest BCUT2D eigenvalue weighted by Gasteiger charge is 2.16. The number of hydrogen-bond donors (Lipinski definition) is 0. The SMILES string of the molecule is Clc1ccc(N2CCN(CCCCc3ccc4c(c3)CCCCC4)CC2)cc1. The molecule has 4 rings (SSSR count). The molecule has 0 saturated carbocycles. The van der Waals surface area contributed by atoms with Crippen LogP contribution in [0.4, 0.5) is 5.69 Å². The van der Waals surface area contributed by atoms with Gasteiger partial charge in [-0.1, -0.05) is 36.2 Å². The van der Waals surface area contributed by atoms with Crippen LogP contribution in [0.2, 0.25) is 5.02 Å². The number of rotatable bonds is 6. The number of fused-ring (bicyclic) bond motifs is 1. The van der Waals surface area contributed by atoms with E-state index in [9.17, 15) is 0 Å². The van der Waals surface area contributed by atoms with Crippen molar-refractivity contribution in [1.82, 2.24) is 4.90 Å². The lowest BCUT2D eigenvalue weighted by atomic mass is 9.97. The highest BCUT2D eigenvalue weighted by molar-refractivity contribution is 6.30. The van der Waals surface area contributed by atoms with E-state index in [-0.39, 0.29) is 0 Å². The minimum absolute atomic E-state index is 0.817. The Balaban J connectivity index is 1.17. The summed E-state index contributed by atoms with van der Waals surface area (Å²) in [5, 5.41) is 0.817. The van der Waals surface area contributed by atoms with Gasteiger partial charge in [0.1, 0.15) is 0 Å². The zero-order chi connectivity index (χ0) is 19.2. The van der Waals surface area contributed by atoms with Crippen LogP contribution in [0.1, 0.15) is 48.8 Å². The molecule has 0 amide bonds. The lowest BCUT2D eigenvalue weighted by molar-refractivity contribution is 0.253. The number of unbranched alkanes of at least 4 members (excludes halogenated alkanes) is 1. The first-order chi connectivity index (χ1) is 13.8. The van der Waals surface area contributed by atoms with E-state index < -0.39 is 0 Å². The number of hydrogen-bond acceptors (Lipinski definition) is 2. The van der Waals surface area contributed by atoms with Gasteiger partial charge in [0.05, 0.1) is 0 Å². The van der Waals surface area contributed by atoms with Crippen molar-refractivity contribution in [3.05, 3.63) is 64.2 Å². The van der Waals surface area contributed by atoms with Crippen LogP contribution < -0.4 is 4.90 Å². The molecule has 2 aromatic rings. The van der Waals surface area contributed by atoms with Gasteiger partial charge in [-0.05, 0) is 92.4 Å². The first-order valence-electron chi connectivity index (χ1n) is 11.1. The van der Waals surface area contributed by atoms with E-state index in [1.807, 2.05) is 12.1 Å². The fourth-order valence-corrected chi connectivity index (χ4v) is 4.79. The molecule has 0 radical (unpaired) electrons. The van der Waals surface area contributed by atoms with E-state index in [0.29, 0.717) is 0 Å². The number of anilines is 1. The molecule has 2 nitrogen and oxygen atoms in total. The molecule has 0 unspecified atom stereocenters. The van der Waals surface area contributed by atoms with Gasteiger partial charge in [-0.2, -0.15) is 0 Å². The smallest absolute Gasteiger partial charge is 0.0407 e. The summed E-state index contributed by atoms with van der Waals surface area (Å²) >= 11 is 6.00. The van der Waals surface area contributed by atoms with Gasteiger partial charge in [0, 0.05) is 36.9 Å². The zero-order valence-electron chi connectivity index (χ0n) is 17.0. The third-order valence-corrected chi connectivity index (χ3v) is 6.67. The van der Waals surface area contributed by atoms with Gasteiger partial charge in [0.25, 0.3) is 0 Å². The largest absolute Gasteiger partial charge is 0.369 e. The van der Waals surface area contributed by atoms with Gasteiger partial charge in [-0.15, -0.1) is 0 Å². The molecule has 150 valence electrons. The fraction of sp³-hybridized carbons (Fsp3) is 0.520. The molecular formula is C25H33ClN2. The second-order valence-electron chi connectivity index (χ2n) is 8.43. The monoisotopic (exact) mass is 396 g/mol. The van der Waals surface area contributed by atoms with Gasteiger partial charge in [0.2, 0.25) is 0 Å². The van der Waals surface area contributed by atoms with Gasteiger partial charge >= 0.3 is 0 Å². The summed E-state index contributed by atoms with van der Waals surface area (Å²) in [7, 11) is 0. The second-order valence-corrected chi connectivity index (χ2v) is 8.86. The summed E-state index contributed by atoms with van der Waals surface area (Å²) in [6, 6.07) is 15.6. The van der Waals surface area contributed by atoms with E-state index in [1.165, 1.54) is 76.7 Å². The standard InChI is InChI=1S/C25H33ClN2/c26-24-11-13-25(14-12-24)28-18-16-27(17-19-28)15-5-4-6-21-9-10-22-7-2-1-3-8-23(22)20-21/h9-14,20H,1-8,15-19H2. The Bertz CT molecular complexity index is 748. The molecule has 3 heteroatoms. The first-order valence-corrected chi connectivity index (χ1v) is 11.5. The van der Waals surface area contributed by atoms with Crippen LogP contribution >= 0.6 is 11.6 Å². The van der Waals surface area contributed by atoms with Gasteiger partial charge in [-0.3, -0.25) is 4.90 Å². The molecule has 0 bridgehead atoms. The Morgan fingerprint density at radius 3 is 2.29 bits per heavy atom. The molecular weight excluding hydrogens is 364 g/mol. The summed E-state index contributed by atoms with van der Waals surface area (Å²) < 4.78 is 0. The van der Waals surface area contributed by atoms with E-state index in [4.69, 9.17) is 11.6 Å². The average Bonchev–Trinajstić information content (AvgIpc) is 2.97. The minimum atomic E-state index is 0.817. The molecule has 2 aromatic carbocycles. The number of nitrogens with zero attached hydrogens (tertiary/aromatic N) is 2. The normalized spacial score (nSPS) is 18.0. The quantitative estimate of drug-likeness (QED) is 0.452. The molecule has 2 aliphatic rings. The maximum absolute atomic E-state index is 6.00. The Morgan fingerprint density at radius 2 is 1.50 bits per heavy atom. The van der Waals surface area contributed by atoms with Gasteiger partial charge in [-0.25, -0.2) is 0 Å². The van der Waals surface area contributed by atoms with Crippen LogP contribution in [-0.4, -0.2) is 37.6 Å². The van der Waals surface area contributed by atoms with Crippen molar-refractivity contribution < 1.29 is 0 Å². The summed E-state index contributed by atoms with van der Waals surface area (Å²) in [6.45, 7) is 5.81. The number of benzene rings is 2. The van der Waals surface area contributed by atoms with Crippen LogP contribution in [0.5, 0.6) is 0 Å². The molecule has 0 atom stereocenters. The Hall–Kier alpha value is -1.51. The average molecular weight is 397 g/mol. The molecule has 1 saturated heterocycles. The van der Waals surface area contributed by atoms with Crippen molar-refractivity contribution in [3.63, 3.8) is 0 Å². The topological polar surface area (TPSA) is 6.48 Å². The number of piperazine rings is 1. The number of aryl methyl sites for hydroxylation is 3. The zero-order valence-corrected chi connectivity index (χ0v) is 17.8. The molecule has 0 spiro atoms. The predicted molar refractivity (Wildman–Crippen MR) is 121 cm³/mol. The Morgan fingerprint density at radius 1 is 0.750 bits per heavy atom. The van der Waals surface area contributed by atoms with Crippen molar-refractivity contribution in [3.8, 4) is 0 Å². The fourth-order valence-electron chi connectivity index (χ4n) is 4.67. The molecule has 1 heterocycles. The highest BCUT2D eigenvalue weighted by Crippen LogP contribution is 2.23. The van der Waals surface area contributed by atoms with Crippen molar-refractivity contribution in [2.45, 2.75) is 51.4 Å². The predicted octanol–water partition coefficient (Wildman–Crippen LogP) is 5.75. The van der Waals surface area contributed by atoms with E-state index in [1.54, 1.807) is 16.7 Å². The lowest BCUT2D eigenvalue weighted by Crippen LogP contribution is -2.46. The molecule has 1 aliphatic heterocycles. The molecule has 1 aliphatic carbocycles. The minimum Gasteiger partial charge on any atom is -0.369 e. The van der Waals surface area contributed by atoms with Crippen molar-refractivity contribution in [2.75, 3.05) is 37.6 Å². The van der Waals surface area contributed by atoms with Gasteiger partial charge in [0.15, 0.2) is 0 Å². The van der Waals surface area contributed by atoms with E-state index in [2.05, 4.69) is 40.1 Å². The van der Waals surface area contributed by atoms with Crippen LogP contribution in [0.25, 0.3) is 0 Å². The number of halogens is 1. The summed E-state index contributed by atoms with van der Waals surface area (Å²) in [5.74, 6) is 0.